The molecule has 1 aliphatic rings. The van der Waals surface area contributed by atoms with Crippen molar-refractivity contribution in [3.05, 3.63) is 102 Å². The van der Waals surface area contributed by atoms with Crippen LogP contribution in [-0.4, -0.2) is 29.9 Å². The number of likely N-dealkylation sites (N-methyl/N-ethyl adjacent to an activating group) is 1. The number of para-hydroxylation sites is 1. The number of imide groups is 1. The predicted molar refractivity (Wildman–Crippen MR) is 131 cm³/mol. The minimum Gasteiger partial charge on any atom is -0.494 e. The van der Waals surface area contributed by atoms with Gasteiger partial charge in [-0.1, -0.05) is 49.4 Å². The summed E-state index contributed by atoms with van der Waals surface area (Å²) in [5.74, 6) is -0.403. The number of carbonyl (C=O) groups is 2. The van der Waals surface area contributed by atoms with E-state index in [1.807, 2.05) is 73.3 Å². The van der Waals surface area contributed by atoms with E-state index < -0.39 is 0 Å². The lowest BCUT2D eigenvalue weighted by Gasteiger charge is -2.25. The topological polar surface area (TPSA) is 49.9 Å². The summed E-state index contributed by atoms with van der Waals surface area (Å²) in [5, 5.41) is 0. The largest absolute Gasteiger partial charge is 0.494 e. The molecule has 1 aliphatic heterocycles. The van der Waals surface area contributed by atoms with Crippen LogP contribution in [0.4, 0.5) is 10.1 Å². The monoisotopic (exact) mass is 458 g/mol. The van der Waals surface area contributed by atoms with Gasteiger partial charge in [-0.15, -0.1) is 0 Å². The van der Waals surface area contributed by atoms with Crippen LogP contribution in [0.25, 0.3) is 5.57 Å². The molecule has 0 spiro atoms. The number of hydrogen-bond acceptors (Lipinski definition) is 4. The van der Waals surface area contributed by atoms with Gasteiger partial charge < -0.3 is 9.64 Å². The lowest BCUT2D eigenvalue weighted by atomic mass is 10.0. The maximum atomic E-state index is 13.7. The van der Waals surface area contributed by atoms with Crippen molar-refractivity contribution in [2.75, 3.05) is 18.1 Å². The summed E-state index contributed by atoms with van der Waals surface area (Å²) >= 11 is 0. The number of hydrogen-bond donors (Lipinski definition) is 0. The molecule has 0 aliphatic carbocycles. The average Bonchev–Trinajstić information content (AvgIpc) is 3.10. The third kappa shape index (κ3) is 4.71. The molecule has 4 rings (SSSR count). The molecule has 0 saturated heterocycles. The number of amides is 2. The van der Waals surface area contributed by atoms with Crippen LogP contribution in [-0.2, 0) is 16.1 Å². The zero-order valence-corrected chi connectivity index (χ0v) is 19.3. The van der Waals surface area contributed by atoms with Crippen molar-refractivity contribution in [3.8, 4) is 5.75 Å². The summed E-state index contributed by atoms with van der Waals surface area (Å²) in [6.07, 6.45) is 0.894. The van der Waals surface area contributed by atoms with Gasteiger partial charge in [0, 0.05) is 12.2 Å². The van der Waals surface area contributed by atoms with Crippen LogP contribution in [0.2, 0.25) is 0 Å². The van der Waals surface area contributed by atoms with Gasteiger partial charge in [-0.2, -0.15) is 0 Å². The molecule has 0 fully saturated rings. The van der Waals surface area contributed by atoms with Crippen molar-refractivity contribution in [1.82, 2.24) is 4.90 Å². The van der Waals surface area contributed by atoms with E-state index >= 15 is 0 Å². The fourth-order valence-electron chi connectivity index (χ4n) is 4.01. The van der Waals surface area contributed by atoms with E-state index in [1.165, 1.54) is 17.0 Å². The van der Waals surface area contributed by atoms with Gasteiger partial charge in [0.05, 0.1) is 18.7 Å². The second kappa shape index (κ2) is 10.3. The van der Waals surface area contributed by atoms with Crippen molar-refractivity contribution in [3.63, 3.8) is 0 Å². The molecule has 0 bridgehead atoms. The molecule has 3 aromatic carbocycles. The Morgan fingerprint density at radius 3 is 2.15 bits per heavy atom. The number of rotatable bonds is 9. The van der Waals surface area contributed by atoms with Gasteiger partial charge in [0.15, 0.2) is 0 Å². The maximum absolute atomic E-state index is 13.7. The van der Waals surface area contributed by atoms with E-state index in [4.69, 9.17) is 4.74 Å². The molecule has 0 unspecified atom stereocenters. The first-order valence-electron chi connectivity index (χ1n) is 11.4. The first-order chi connectivity index (χ1) is 16.5. The maximum Gasteiger partial charge on any atom is 0.278 e. The second-order valence-corrected chi connectivity index (χ2v) is 8.00. The van der Waals surface area contributed by atoms with Gasteiger partial charge in [-0.3, -0.25) is 14.5 Å². The smallest absolute Gasteiger partial charge is 0.278 e. The molecule has 0 atom stereocenters. The summed E-state index contributed by atoms with van der Waals surface area (Å²) in [6.45, 7) is 5.15. The SMILES string of the molecule is CCCOc1ccc(C2=C(N(CC)c3ccccc3)C(=O)N(Cc3ccc(F)cc3)C2=O)cc1. The Bertz CT molecular complexity index is 1190. The molecule has 34 heavy (non-hydrogen) atoms. The molecule has 174 valence electrons. The predicted octanol–water partition coefficient (Wildman–Crippen LogP) is 5.42. The van der Waals surface area contributed by atoms with E-state index in [-0.39, 0.29) is 24.2 Å². The summed E-state index contributed by atoms with van der Waals surface area (Å²) < 4.78 is 19.1. The Morgan fingerprint density at radius 2 is 1.53 bits per heavy atom. The lowest BCUT2D eigenvalue weighted by Crippen LogP contribution is -2.34. The Hall–Kier alpha value is -3.93. The highest BCUT2D eigenvalue weighted by Crippen LogP contribution is 2.35. The van der Waals surface area contributed by atoms with Crippen LogP contribution in [0, 0.1) is 5.82 Å². The van der Waals surface area contributed by atoms with Crippen LogP contribution in [0.15, 0.2) is 84.6 Å². The Morgan fingerprint density at radius 1 is 0.853 bits per heavy atom. The zero-order valence-electron chi connectivity index (χ0n) is 19.3. The number of carbonyl (C=O) groups excluding carboxylic acids is 2. The first-order valence-corrected chi connectivity index (χ1v) is 11.4. The third-order valence-electron chi connectivity index (χ3n) is 5.67. The Kier molecular flexibility index (Phi) is 7.07. The highest BCUT2D eigenvalue weighted by Gasteiger charge is 2.41. The third-order valence-corrected chi connectivity index (χ3v) is 5.67. The molecule has 5 nitrogen and oxygen atoms in total. The van der Waals surface area contributed by atoms with Crippen molar-refractivity contribution < 1.29 is 18.7 Å². The van der Waals surface area contributed by atoms with Crippen molar-refractivity contribution in [2.24, 2.45) is 0 Å². The molecule has 6 heteroatoms. The van der Waals surface area contributed by atoms with Crippen LogP contribution < -0.4 is 9.64 Å². The summed E-state index contributed by atoms with van der Waals surface area (Å²) in [7, 11) is 0. The van der Waals surface area contributed by atoms with Gasteiger partial charge in [0.2, 0.25) is 0 Å². The number of halogens is 1. The molecule has 0 radical (unpaired) electrons. The van der Waals surface area contributed by atoms with Crippen molar-refractivity contribution in [2.45, 2.75) is 26.8 Å². The van der Waals surface area contributed by atoms with E-state index in [1.54, 1.807) is 12.1 Å². The molecule has 0 aromatic heterocycles. The minimum atomic E-state index is -0.374. The van der Waals surface area contributed by atoms with Gasteiger partial charge in [0.1, 0.15) is 17.3 Å². The summed E-state index contributed by atoms with van der Waals surface area (Å²) in [6, 6.07) is 22.6. The number of nitrogens with zero attached hydrogens (tertiary/aromatic N) is 2. The molecule has 3 aromatic rings. The minimum absolute atomic E-state index is 0.0645. The molecule has 0 N–H and O–H groups in total. The average molecular weight is 459 g/mol. The van der Waals surface area contributed by atoms with Crippen LogP contribution >= 0.6 is 0 Å². The highest BCUT2D eigenvalue weighted by atomic mass is 19.1. The van der Waals surface area contributed by atoms with Gasteiger partial charge in [0.25, 0.3) is 11.8 Å². The molecule has 1 heterocycles. The van der Waals surface area contributed by atoms with E-state index in [0.717, 1.165) is 12.1 Å². The van der Waals surface area contributed by atoms with Gasteiger partial charge in [-0.25, -0.2) is 4.39 Å². The number of ether oxygens (including phenoxy) is 1. The standard InChI is InChI=1S/C28H27FN2O3/c1-3-18-34-24-16-12-21(13-17-24)25-26(30(4-2)23-8-6-5-7-9-23)28(33)31(27(25)32)19-20-10-14-22(29)15-11-20/h5-17H,3-4,18-19H2,1-2H3. The van der Waals surface area contributed by atoms with Gasteiger partial charge >= 0.3 is 0 Å². The fraction of sp³-hybridized carbons (Fsp3) is 0.214. The van der Waals surface area contributed by atoms with Gasteiger partial charge in [-0.05, 0) is 60.9 Å². The van der Waals surface area contributed by atoms with E-state index in [2.05, 4.69) is 0 Å². The lowest BCUT2D eigenvalue weighted by molar-refractivity contribution is -0.137. The van der Waals surface area contributed by atoms with Crippen LogP contribution in [0.5, 0.6) is 5.75 Å². The Labute approximate surface area is 199 Å². The van der Waals surface area contributed by atoms with Crippen LogP contribution in [0.1, 0.15) is 31.4 Å². The van der Waals surface area contributed by atoms with Crippen molar-refractivity contribution >= 4 is 23.1 Å². The summed E-state index contributed by atoms with van der Waals surface area (Å²) in [5.41, 5.74) is 2.83. The summed E-state index contributed by atoms with van der Waals surface area (Å²) in [4.78, 5) is 30.4. The molecule has 2 amide bonds. The second-order valence-electron chi connectivity index (χ2n) is 8.00. The Balaban J connectivity index is 1.76. The van der Waals surface area contributed by atoms with E-state index in [0.29, 0.717) is 41.3 Å². The van der Waals surface area contributed by atoms with Crippen LogP contribution in [0.3, 0.4) is 0 Å². The normalized spacial score (nSPS) is 13.6. The fourth-order valence-corrected chi connectivity index (χ4v) is 4.01. The molecular formula is C28H27FN2O3. The molecule has 0 saturated carbocycles. The zero-order chi connectivity index (χ0) is 24.1. The van der Waals surface area contributed by atoms with Crippen molar-refractivity contribution in [1.29, 1.82) is 0 Å². The molecular weight excluding hydrogens is 431 g/mol. The number of anilines is 1. The highest BCUT2D eigenvalue weighted by molar-refractivity contribution is 6.36. The quantitative estimate of drug-likeness (QED) is 0.402. The van der Waals surface area contributed by atoms with E-state index in [9.17, 15) is 14.0 Å². The number of benzene rings is 3. The first kappa shape index (κ1) is 23.2.